The number of hydrogen-bond acceptors (Lipinski definition) is 2. The van der Waals surface area contributed by atoms with Crippen LogP contribution < -0.4 is 0 Å². The molecular formula is C15H22O2. The Kier molecular flexibility index (Phi) is 3.70. The minimum Gasteiger partial charge on any atom is -0.466 e. The van der Waals surface area contributed by atoms with Gasteiger partial charge in [-0.05, 0) is 51.4 Å². The van der Waals surface area contributed by atoms with Crippen LogP contribution in [-0.4, -0.2) is 13.1 Å². The highest BCUT2D eigenvalue weighted by molar-refractivity contribution is 5.87. The third-order valence-electron chi connectivity index (χ3n) is 4.23. The van der Waals surface area contributed by atoms with E-state index in [1.165, 1.54) is 39.2 Å². The van der Waals surface area contributed by atoms with Crippen molar-refractivity contribution in [3.05, 3.63) is 22.8 Å². The van der Waals surface area contributed by atoms with Crippen LogP contribution in [0.2, 0.25) is 0 Å². The fourth-order valence-electron chi connectivity index (χ4n) is 3.40. The number of methoxy groups -OCH3 is 1. The number of hydrogen-bond donors (Lipinski definition) is 0. The smallest absolute Gasteiger partial charge is 0.333 e. The molecule has 0 aromatic carbocycles. The second-order valence-electron chi connectivity index (χ2n) is 5.35. The lowest BCUT2D eigenvalue weighted by Gasteiger charge is -2.28. The van der Waals surface area contributed by atoms with Crippen molar-refractivity contribution in [3.63, 3.8) is 0 Å². The first-order valence-electron chi connectivity index (χ1n) is 6.59. The van der Waals surface area contributed by atoms with Crippen LogP contribution in [0.1, 0.15) is 46.0 Å². The lowest BCUT2D eigenvalue weighted by molar-refractivity contribution is -0.136. The van der Waals surface area contributed by atoms with Gasteiger partial charge in [0.25, 0.3) is 0 Å². The van der Waals surface area contributed by atoms with E-state index < -0.39 is 0 Å². The van der Waals surface area contributed by atoms with Crippen molar-refractivity contribution in [2.75, 3.05) is 7.11 Å². The molecular weight excluding hydrogens is 212 g/mol. The van der Waals surface area contributed by atoms with E-state index in [2.05, 4.69) is 13.0 Å². The molecule has 2 atom stereocenters. The Morgan fingerprint density at radius 1 is 1.35 bits per heavy atom. The predicted octanol–water partition coefficient (Wildman–Crippen LogP) is 3.63. The maximum Gasteiger partial charge on any atom is 0.333 e. The molecule has 0 saturated heterocycles. The first kappa shape index (κ1) is 12.4. The van der Waals surface area contributed by atoms with Crippen LogP contribution in [0.4, 0.5) is 0 Å². The van der Waals surface area contributed by atoms with Gasteiger partial charge in [0.2, 0.25) is 0 Å². The molecule has 1 fully saturated rings. The zero-order valence-corrected chi connectivity index (χ0v) is 11.1. The molecule has 17 heavy (non-hydrogen) atoms. The van der Waals surface area contributed by atoms with Gasteiger partial charge in [-0.25, -0.2) is 4.79 Å². The molecule has 0 radical (unpaired) electrons. The van der Waals surface area contributed by atoms with E-state index in [4.69, 9.17) is 4.74 Å². The van der Waals surface area contributed by atoms with Gasteiger partial charge in [-0.2, -0.15) is 0 Å². The van der Waals surface area contributed by atoms with Crippen LogP contribution >= 0.6 is 0 Å². The highest BCUT2D eigenvalue weighted by atomic mass is 16.5. The maximum atomic E-state index is 11.5. The number of rotatable bonds is 2. The molecule has 1 unspecified atom stereocenters. The van der Waals surface area contributed by atoms with Gasteiger partial charge in [-0.3, -0.25) is 0 Å². The second-order valence-corrected chi connectivity index (χ2v) is 5.35. The number of ether oxygens (including phenoxy) is 1. The van der Waals surface area contributed by atoms with Gasteiger partial charge in [-0.15, -0.1) is 0 Å². The van der Waals surface area contributed by atoms with Gasteiger partial charge in [0.15, 0.2) is 0 Å². The van der Waals surface area contributed by atoms with Crippen molar-refractivity contribution < 1.29 is 9.53 Å². The summed E-state index contributed by atoms with van der Waals surface area (Å²) in [5.41, 5.74) is 3.94. The standard InChI is InChI=1S/C15H22O2/c1-10-7-8-12-5-4-6-13(14(10)12)9-11(2)15(16)17-3/h9,12-13H,4-8H2,1-3H3/b11-9+/t12?,13-/m0/s1. The number of allylic oxidation sites excluding steroid dienone is 3. The van der Waals surface area contributed by atoms with Crippen LogP contribution in [-0.2, 0) is 9.53 Å². The molecule has 0 aromatic heterocycles. The molecule has 2 aliphatic carbocycles. The summed E-state index contributed by atoms with van der Waals surface area (Å²) in [6.07, 6.45) is 8.52. The maximum absolute atomic E-state index is 11.5. The SMILES string of the molecule is COC(=O)/C(C)=C/[C@@H]1CCCC2CCC(C)=C21. The third kappa shape index (κ3) is 2.46. The van der Waals surface area contributed by atoms with Crippen LogP contribution in [0.3, 0.4) is 0 Å². The minimum absolute atomic E-state index is 0.191. The molecule has 94 valence electrons. The average molecular weight is 234 g/mol. The zero-order chi connectivity index (χ0) is 12.4. The molecule has 2 heteroatoms. The molecule has 0 bridgehead atoms. The van der Waals surface area contributed by atoms with Gasteiger partial charge in [0.1, 0.15) is 0 Å². The quantitative estimate of drug-likeness (QED) is 0.414. The Balaban J connectivity index is 2.20. The highest BCUT2D eigenvalue weighted by Crippen LogP contribution is 2.45. The largest absolute Gasteiger partial charge is 0.466 e. The van der Waals surface area contributed by atoms with E-state index in [9.17, 15) is 4.79 Å². The van der Waals surface area contributed by atoms with Crippen molar-refractivity contribution in [1.29, 1.82) is 0 Å². The van der Waals surface area contributed by atoms with E-state index in [1.807, 2.05) is 6.92 Å². The Morgan fingerprint density at radius 3 is 2.82 bits per heavy atom. The molecule has 0 amide bonds. The Bertz CT molecular complexity index is 376. The molecule has 0 aromatic rings. The van der Waals surface area contributed by atoms with Crippen LogP contribution in [0.25, 0.3) is 0 Å². The summed E-state index contributed by atoms with van der Waals surface area (Å²) in [4.78, 5) is 11.5. The second kappa shape index (κ2) is 5.07. The van der Waals surface area contributed by atoms with Crippen LogP contribution in [0.5, 0.6) is 0 Å². The first-order valence-corrected chi connectivity index (χ1v) is 6.59. The number of carbonyl (C=O) groups is 1. The molecule has 0 heterocycles. The van der Waals surface area contributed by atoms with Crippen molar-refractivity contribution in [2.45, 2.75) is 46.0 Å². The van der Waals surface area contributed by atoms with E-state index in [1.54, 1.807) is 11.1 Å². The molecule has 2 rings (SSSR count). The Labute approximate surface area is 104 Å². The van der Waals surface area contributed by atoms with E-state index in [-0.39, 0.29) is 5.97 Å². The molecule has 0 spiro atoms. The van der Waals surface area contributed by atoms with Crippen molar-refractivity contribution in [3.8, 4) is 0 Å². The van der Waals surface area contributed by atoms with E-state index in [0.717, 1.165) is 11.5 Å². The van der Waals surface area contributed by atoms with Gasteiger partial charge in [0.05, 0.1) is 7.11 Å². The summed E-state index contributed by atoms with van der Waals surface area (Å²) in [6.45, 7) is 4.12. The fraction of sp³-hybridized carbons (Fsp3) is 0.667. The Hall–Kier alpha value is -1.05. The minimum atomic E-state index is -0.191. The molecule has 0 N–H and O–H groups in total. The zero-order valence-electron chi connectivity index (χ0n) is 11.1. The summed E-state index contributed by atoms with van der Waals surface area (Å²) < 4.78 is 4.77. The summed E-state index contributed by atoms with van der Waals surface area (Å²) >= 11 is 0. The third-order valence-corrected chi connectivity index (χ3v) is 4.23. The first-order chi connectivity index (χ1) is 8.13. The Morgan fingerprint density at radius 2 is 2.12 bits per heavy atom. The van der Waals surface area contributed by atoms with E-state index in [0.29, 0.717) is 5.92 Å². The van der Waals surface area contributed by atoms with Gasteiger partial charge < -0.3 is 4.74 Å². The van der Waals surface area contributed by atoms with Crippen LogP contribution in [0, 0.1) is 11.8 Å². The lowest BCUT2D eigenvalue weighted by atomic mass is 9.77. The summed E-state index contributed by atoms with van der Waals surface area (Å²) in [5.74, 6) is 1.08. The van der Waals surface area contributed by atoms with Gasteiger partial charge in [-0.1, -0.05) is 23.6 Å². The number of esters is 1. The van der Waals surface area contributed by atoms with Gasteiger partial charge >= 0.3 is 5.97 Å². The van der Waals surface area contributed by atoms with Crippen molar-refractivity contribution in [1.82, 2.24) is 0 Å². The molecule has 2 aliphatic rings. The summed E-state index contributed by atoms with van der Waals surface area (Å²) in [6, 6.07) is 0. The van der Waals surface area contributed by atoms with Crippen LogP contribution in [0.15, 0.2) is 22.8 Å². The predicted molar refractivity (Wildman–Crippen MR) is 68.5 cm³/mol. The summed E-state index contributed by atoms with van der Waals surface area (Å²) in [5, 5.41) is 0. The monoisotopic (exact) mass is 234 g/mol. The normalized spacial score (nSPS) is 29.2. The number of fused-ring (bicyclic) bond motifs is 1. The van der Waals surface area contributed by atoms with Gasteiger partial charge in [0, 0.05) is 5.57 Å². The topological polar surface area (TPSA) is 26.3 Å². The fourth-order valence-corrected chi connectivity index (χ4v) is 3.40. The molecule has 0 aliphatic heterocycles. The average Bonchev–Trinajstić information content (AvgIpc) is 2.71. The van der Waals surface area contributed by atoms with Crippen molar-refractivity contribution >= 4 is 5.97 Å². The number of carbonyl (C=O) groups excluding carboxylic acids is 1. The summed E-state index contributed by atoms with van der Waals surface area (Å²) in [7, 11) is 1.45. The highest BCUT2D eigenvalue weighted by Gasteiger charge is 2.31. The van der Waals surface area contributed by atoms with E-state index >= 15 is 0 Å². The molecule has 1 saturated carbocycles. The molecule has 2 nitrogen and oxygen atoms in total. The lowest BCUT2D eigenvalue weighted by Crippen LogP contribution is -2.17. The van der Waals surface area contributed by atoms with Crippen molar-refractivity contribution in [2.24, 2.45) is 11.8 Å².